The molecule has 0 spiro atoms. The molecular formula is C25H37N5O6. The van der Waals surface area contributed by atoms with Gasteiger partial charge in [-0.05, 0) is 32.1 Å². The lowest BCUT2D eigenvalue weighted by molar-refractivity contribution is -0.163. The lowest BCUT2D eigenvalue weighted by atomic mass is 9.86. The van der Waals surface area contributed by atoms with E-state index in [1.165, 1.54) is 6.33 Å². The number of imidazole rings is 1. The molecular weight excluding hydrogens is 466 g/mol. The van der Waals surface area contributed by atoms with Crippen molar-refractivity contribution >= 4 is 29.1 Å². The number of H-pyrrole nitrogens is 1. The van der Waals surface area contributed by atoms with Gasteiger partial charge in [-0.15, -0.1) is 0 Å². The van der Waals surface area contributed by atoms with Crippen LogP contribution in [-0.2, 0) is 25.6 Å². The summed E-state index contributed by atoms with van der Waals surface area (Å²) in [4.78, 5) is 48.3. The number of nitrogen functional groups attached to an aromatic ring is 1. The molecule has 2 saturated carbocycles. The molecule has 4 rings (SSSR count). The third kappa shape index (κ3) is 6.24. The number of aliphatic hydroxyl groups is 1. The first-order chi connectivity index (χ1) is 17.4. The van der Waals surface area contributed by atoms with Crippen molar-refractivity contribution in [3.63, 3.8) is 0 Å². The predicted octanol–water partition coefficient (Wildman–Crippen LogP) is 2.32. The van der Waals surface area contributed by atoms with Crippen molar-refractivity contribution in [1.29, 1.82) is 0 Å². The second kappa shape index (κ2) is 11.9. The topological polar surface area (TPSA) is 162 Å². The molecule has 0 aliphatic heterocycles. The number of anilines is 1. The maximum absolute atomic E-state index is 12.7. The van der Waals surface area contributed by atoms with E-state index in [0.29, 0.717) is 18.6 Å². The molecule has 36 heavy (non-hydrogen) atoms. The Morgan fingerprint density at radius 3 is 2.11 bits per heavy atom. The molecule has 0 unspecified atom stereocenters. The third-order valence-electron chi connectivity index (χ3n) is 7.63. The van der Waals surface area contributed by atoms with E-state index in [1.54, 1.807) is 4.57 Å². The molecule has 2 heterocycles. The maximum Gasteiger partial charge on any atom is 0.308 e. The summed E-state index contributed by atoms with van der Waals surface area (Å²) in [6, 6.07) is 0. The summed E-state index contributed by atoms with van der Waals surface area (Å²) in [6.45, 7) is -0.181. The number of nitrogens with one attached hydrogen (secondary N) is 1. The molecule has 2 fully saturated rings. The van der Waals surface area contributed by atoms with Crippen LogP contribution >= 0.6 is 0 Å². The second-order valence-electron chi connectivity index (χ2n) is 10.4. The van der Waals surface area contributed by atoms with Crippen molar-refractivity contribution in [2.45, 2.75) is 77.2 Å². The lowest BCUT2D eigenvalue weighted by Gasteiger charge is -2.32. The molecule has 11 nitrogen and oxygen atoms in total. The Morgan fingerprint density at radius 2 is 1.58 bits per heavy atom. The van der Waals surface area contributed by atoms with E-state index in [0.717, 1.165) is 64.2 Å². The van der Waals surface area contributed by atoms with Crippen molar-refractivity contribution in [2.24, 2.45) is 17.3 Å². The Labute approximate surface area is 209 Å². The number of aromatic amines is 1. The average Bonchev–Trinajstić information content (AvgIpc) is 3.32. The van der Waals surface area contributed by atoms with Crippen molar-refractivity contribution in [2.75, 3.05) is 25.6 Å². The van der Waals surface area contributed by atoms with Crippen LogP contribution < -0.4 is 11.3 Å². The van der Waals surface area contributed by atoms with Crippen molar-refractivity contribution in [1.82, 2.24) is 19.5 Å². The van der Waals surface area contributed by atoms with Crippen molar-refractivity contribution in [3.8, 4) is 0 Å². The number of ether oxygens (including phenoxy) is 2. The zero-order chi connectivity index (χ0) is 25.5. The van der Waals surface area contributed by atoms with Crippen LogP contribution in [0.4, 0.5) is 5.95 Å². The van der Waals surface area contributed by atoms with E-state index in [2.05, 4.69) is 15.0 Å². The molecule has 11 heteroatoms. The van der Waals surface area contributed by atoms with Gasteiger partial charge in [-0.2, -0.15) is 4.98 Å². The first-order valence-electron chi connectivity index (χ1n) is 13.1. The molecule has 0 atom stereocenters. The first-order valence-corrected chi connectivity index (χ1v) is 13.1. The molecule has 0 aromatic carbocycles. The van der Waals surface area contributed by atoms with Gasteiger partial charge in [0.2, 0.25) is 5.95 Å². The fourth-order valence-corrected chi connectivity index (χ4v) is 5.21. The number of nitrogens with zero attached hydrogens (tertiary/aromatic N) is 3. The normalized spacial score (nSPS) is 17.8. The third-order valence-corrected chi connectivity index (χ3v) is 7.63. The molecule has 0 saturated heterocycles. The Bertz CT molecular complexity index is 1070. The SMILES string of the molecule is Nc1nc2c(ncn2CCC(CO)(COC(=O)C2CCCCC2)COC(=O)C2CCCCC2)c(=O)[nH]1. The average molecular weight is 504 g/mol. The highest BCUT2D eigenvalue weighted by Crippen LogP contribution is 2.30. The summed E-state index contributed by atoms with van der Waals surface area (Å²) >= 11 is 0. The zero-order valence-electron chi connectivity index (χ0n) is 20.7. The number of aromatic nitrogens is 4. The number of fused-ring (bicyclic) bond motifs is 1. The van der Waals surface area contributed by atoms with Crippen LogP contribution in [0, 0.1) is 17.3 Å². The van der Waals surface area contributed by atoms with Gasteiger partial charge in [-0.25, -0.2) is 4.98 Å². The number of hydrogen-bond acceptors (Lipinski definition) is 9. The van der Waals surface area contributed by atoms with E-state index >= 15 is 0 Å². The quantitative estimate of drug-likeness (QED) is 0.413. The summed E-state index contributed by atoms with van der Waals surface area (Å²) in [5.41, 5.74) is 4.74. The molecule has 0 bridgehead atoms. The molecule has 0 radical (unpaired) electrons. The van der Waals surface area contributed by atoms with Gasteiger partial charge in [0.05, 0.1) is 30.2 Å². The van der Waals surface area contributed by atoms with Crippen molar-refractivity contribution in [3.05, 3.63) is 16.7 Å². The lowest BCUT2D eigenvalue weighted by Crippen LogP contribution is -2.40. The minimum absolute atomic E-state index is 0.0227. The van der Waals surface area contributed by atoms with Gasteiger partial charge in [0.25, 0.3) is 5.56 Å². The van der Waals surface area contributed by atoms with Crippen molar-refractivity contribution < 1.29 is 24.2 Å². The largest absolute Gasteiger partial charge is 0.465 e. The van der Waals surface area contributed by atoms with Gasteiger partial charge in [0.15, 0.2) is 11.2 Å². The van der Waals surface area contributed by atoms with Crippen LogP contribution in [0.2, 0.25) is 0 Å². The summed E-state index contributed by atoms with van der Waals surface area (Å²) in [5.74, 6) is -0.807. The van der Waals surface area contributed by atoms with Gasteiger partial charge < -0.3 is 24.9 Å². The number of aliphatic hydroxyl groups excluding tert-OH is 1. The standard InChI is InChI=1S/C25H37N5O6/c26-24-28-20-19(21(32)29-24)27-16-30(20)12-11-25(13-31,14-35-22(33)17-7-3-1-4-8-17)15-36-23(34)18-9-5-2-6-10-18/h16-18,31H,1-15H2,(H3,26,28,29,32). The monoisotopic (exact) mass is 503 g/mol. The Balaban J connectivity index is 1.47. The molecule has 2 aromatic rings. The molecule has 2 aromatic heterocycles. The van der Waals surface area contributed by atoms with Gasteiger partial charge in [0, 0.05) is 6.54 Å². The van der Waals surface area contributed by atoms with E-state index in [-0.39, 0.29) is 55.1 Å². The van der Waals surface area contributed by atoms with E-state index in [9.17, 15) is 19.5 Å². The van der Waals surface area contributed by atoms with Crippen LogP contribution in [0.5, 0.6) is 0 Å². The number of carbonyl (C=O) groups is 2. The summed E-state index contributed by atoms with van der Waals surface area (Å²) in [5, 5.41) is 10.5. The summed E-state index contributed by atoms with van der Waals surface area (Å²) < 4.78 is 13.1. The van der Waals surface area contributed by atoms with Gasteiger partial charge in [0.1, 0.15) is 13.2 Å². The van der Waals surface area contributed by atoms with Crippen LogP contribution in [0.15, 0.2) is 11.1 Å². The van der Waals surface area contributed by atoms with Crippen LogP contribution in [0.25, 0.3) is 11.2 Å². The van der Waals surface area contributed by atoms with E-state index in [1.807, 2.05) is 0 Å². The molecule has 4 N–H and O–H groups in total. The first kappa shape index (κ1) is 26.1. The predicted molar refractivity (Wildman–Crippen MR) is 132 cm³/mol. The number of hydrogen-bond donors (Lipinski definition) is 3. The molecule has 0 amide bonds. The number of esters is 2. The smallest absolute Gasteiger partial charge is 0.308 e. The Morgan fingerprint density at radius 1 is 1.03 bits per heavy atom. The number of rotatable bonds is 10. The fraction of sp³-hybridized carbons (Fsp3) is 0.720. The van der Waals surface area contributed by atoms with Crippen LogP contribution in [-0.4, -0.2) is 56.4 Å². The van der Waals surface area contributed by atoms with Crippen LogP contribution in [0.1, 0.15) is 70.6 Å². The summed E-state index contributed by atoms with van der Waals surface area (Å²) in [6.07, 6.45) is 11.3. The van der Waals surface area contributed by atoms with Crippen LogP contribution in [0.3, 0.4) is 0 Å². The Kier molecular flexibility index (Phi) is 8.60. The van der Waals surface area contributed by atoms with Gasteiger partial charge in [-0.3, -0.25) is 19.4 Å². The number of nitrogens with two attached hydrogens (primary N) is 1. The summed E-state index contributed by atoms with van der Waals surface area (Å²) in [7, 11) is 0. The second-order valence-corrected chi connectivity index (χ2v) is 10.4. The highest BCUT2D eigenvalue weighted by Gasteiger charge is 2.36. The number of carbonyl (C=O) groups excluding carboxylic acids is 2. The Hall–Kier alpha value is -2.95. The highest BCUT2D eigenvalue weighted by atomic mass is 16.5. The zero-order valence-corrected chi connectivity index (χ0v) is 20.7. The molecule has 2 aliphatic rings. The minimum atomic E-state index is -1.00. The van der Waals surface area contributed by atoms with Gasteiger partial charge >= 0.3 is 11.9 Å². The number of aryl methyl sites for hydroxylation is 1. The minimum Gasteiger partial charge on any atom is -0.465 e. The van der Waals surface area contributed by atoms with E-state index < -0.39 is 11.0 Å². The maximum atomic E-state index is 12.7. The van der Waals surface area contributed by atoms with Gasteiger partial charge in [-0.1, -0.05) is 38.5 Å². The molecule has 2 aliphatic carbocycles. The fourth-order valence-electron chi connectivity index (χ4n) is 5.21. The van der Waals surface area contributed by atoms with E-state index in [4.69, 9.17) is 15.2 Å². The molecule has 198 valence electrons. The highest BCUT2D eigenvalue weighted by molar-refractivity contribution is 5.73.